The molecular weight excluding hydrogens is 691 g/mol. The van der Waals surface area contributed by atoms with E-state index in [1.54, 1.807) is 0 Å². The molecule has 0 saturated carbocycles. The van der Waals surface area contributed by atoms with Crippen molar-refractivity contribution in [3.63, 3.8) is 0 Å². The highest BCUT2D eigenvalue weighted by atomic mass is 16.2. The third-order valence-electron chi connectivity index (χ3n) is 12.4. The summed E-state index contributed by atoms with van der Waals surface area (Å²) in [5, 5.41) is 0. The summed E-state index contributed by atoms with van der Waals surface area (Å²) >= 11 is 0. The molecule has 8 heteroatoms. The van der Waals surface area contributed by atoms with Crippen LogP contribution >= 0.6 is 0 Å². The van der Waals surface area contributed by atoms with Crippen LogP contribution in [-0.4, -0.2) is 91.5 Å². The lowest BCUT2D eigenvalue weighted by Crippen LogP contribution is -2.48. The number of unbranched alkanes of at least 4 members (excludes halogenated alkanes) is 30. The van der Waals surface area contributed by atoms with Crippen LogP contribution in [0, 0.1) is 0 Å². The van der Waals surface area contributed by atoms with Crippen molar-refractivity contribution in [2.45, 2.75) is 238 Å². The molecule has 1 amide bonds. The molecule has 1 fully saturated rings. The van der Waals surface area contributed by atoms with E-state index in [2.05, 4.69) is 33.5 Å². The van der Waals surface area contributed by atoms with Gasteiger partial charge in [-0.15, -0.1) is 0 Å². The average molecular weight is 790 g/mol. The SMILES string of the molecule is CCCCCCCCCCCCCCCCCCN1CCN(CCCCCCCCCCCCCCCCCC)CCN(C(=O)C(N)CCCN=C(N)N)CC1. The lowest BCUT2D eigenvalue weighted by Gasteiger charge is -2.28. The summed E-state index contributed by atoms with van der Waals surface area (Å²) < 4.78 is 0. The number of guanidine groups is 1. The van der Waals surface area contributed by atoms with E-state index in [1.807, 2.05) is 0 Å². The summed E-state index contributed by atoms with van der Waals surface area (Å²) in [6.07, 6.45) is 46.2. The van der Waals surface area contributed by atoms with Gasteiger partial charge in [0.2, 0.25) is 5.91 Å². The number of hydrogen-bond acceptors (Lipinski definition) is 5. The summed E-state index contributed by atoms with van der Waals surface area (Å²) in [4.78, 5) is 24.9. The first-order chi connectivity index (χ1) is 27.5. The van der Waals surface area contributed by atoms with Crippen LogP contribution in [0.5, 0.6) is 0 Å². The summed E-state index contributed by atoms with van der Waals surface area (Å²) in [5.74, 6) is 0.181. The van der Waals surface area contributed by atoms with Gasteiger partial charge in [0.1, 0.15) is 0 Å². The molecule has 8 nitrogen and oxygen atoms in total. The summed E-state index contributed by atoms with van der Waals surface area (Å²) in [6.45, 7) is 13.0. The Morgan fingerprint density at radius 3 is 1.04 bits per heavy atom. The van der Waals surface area contributed by atoms with Crippen molar-refractivity contribution in [3.05, 3.63) is 0 Å². The number of amides is 1. The maximum absolute atomic E-state index is 13.5. The van der Waals surface area contributed by atoms with Gasteiger partial charge < -0.3 is 31.9 Å². The van der Waals surface area contributed by atoms with Crippen LogP contribution in [0.3, 0.4) is 0 Å². The number of aliphatic imine (C=N–C) groups is 1. The predicted octanol–water partition coefficient (Wildman–Crippen LogP) is 11.3. The Morgan fingerprint density at radius 1 is 0.446 bits per heavy atom. The molecular formula is C48H99N7O. The number of nitrogens with two attached hydrogens (primary N) is 3. The zero-order chi connectivity index (χ0) is 40.6. The number of nitrogens with zero attached hydrogens (tertiary/aromatic N) is 4. The van der Waals surface area contributed by atoms with Crippen LogP contribution < -0.4 is 17.2 Å². The van der Waals surface area contributed by atoms with E-state index in [9.17, 15) is 4.79 Å². The zero-order valence-electron chi connectivity index (χ0n) is 37.9. The minimum absolute atomic E-state index is 0.0846. The van der Waals surface area contributed by atoms with Crippen molar-refractivity contribution in [3.8, 4) is 0 Å². The van der Waals surface area contributed by atoms with E-state index < -0.39 is 6.04 Å². The Kier molecular flexibility index (Phi) is 38.0. The van der Waals surface area contributed by atoms with Crippen LogP contribution in [0.15, 0.2) is 4.99 Å². The molecule has 332 valence electrons. The number of hydrogen-bond donors (Lipinski definition) is 3. The van der Waals surface area contributed by atoms with Crippen molar-refractivity contribution >= 4 is 11.9 Å². The second-order valence-electron chi connectivity index (χ2n) is 17.7. The lowest BCUT2D eigenvalue weighted by molar-refractivity contribution is -0.133. The smallest absolute Gasteiger partial charge is 0.239 e. The van der Waals surface area contributed by atoms with Crippen molar-refractivity contribution < 1.29 is 4.79 Å². The van der Waals surface area contributed by atoms with E-state index in [0.717, 1.165) is 58.8 Å². The van der Waals surface area contributed by atoms with Crippen LogP contribution in [0.4, 0.5) is 0 Å². The second-order valence-corrected chi connectivity index (χ2v) is 17.7. The molecule has 56 heavy (non-hydrogen) atoms. The molecule has 1 saturated heterocycles. The van der Waals surface area contributed by atoms with E-state index >= 15 is 0 Å². The fourth-order valence-corrected chi connectivity index (χ4v) is 8.45. The highest BCUT2D eigenvalue weighted by Crippen LogP contribution is 2.16. The highest BCUT2D eigenvalue weighted by Gasteiger charge is 2.23. The van der Waals surface area contributed by atoms with Crippen molar-refractivity contribution in [2.24, 2.45) is 22.2 Å². The fraction of sp³-hybridized carbons (Fsp3) is 0.958. The second kappa shape index (κ2) is 40.4. The Balaban J connectivity index is 2.34. The minimum Gasteiger partial charge on any atom is -0.370 e. The van der Waals surface area contributed by atoms with E-state index in [4.69, 9.17) is 17.2 Å². The molecule has 0 aromatic heterocycles. The first kappa shape index (κ1) is 52.6. The minimum atomic E-state index is -0.493. The van der Waals surface area contributed by atoms with Crippen LogP contribution in [0.25, 0.3) is 0 Å². The summed E-state index contributed by atoms with van der Waals surface area (Å²) in [5.41, 5.74) is 17.4. The molecule has 1 aliphatic heterocycles. The normalized spacial score (nSPS) is 15.1. The van der Waals surface area contributed by atoms with Gasteiger partial charge in [-0.25, -0.2) is 0 Å². The lowest BCUT2D eigenvalue weighted by atomic mass is 10.0. The molecule has 6 N–H and O–H groups in total. The summed E-state index contributed by atoms with van der Waals surface area (Å²) in [6, 6.07) is -0.493. The molecule has 0 aliphatic carbocycles. The van der Waals surface area contributed by atoms with Gasteiger partial charge in [0, 0.05) is 45.8 Å². The molecule has 1 atom stereocenters. The molecule has 1 unspecified atom stereocenters. The molecule has 0 bridgehead atoms. The third-order valence-corrected chi connectivity index (χ3v) is 12.4. The molecule has 1 rings (SSSR count). The number of carbonyl (C=O) groups is 1. The first-order valence-corrected chi connectivity index (χ1v) is 25.0. The summed E-state index contributed by atoms with van der Waals surface area (Å²) in [7, 11) is 0. The van der Waals surface area contributed by atoms with Crippen molar-refractivity contribution in [2.75, 3.05) is 58.9 Å². The maximum Gasteiger partial charge on any atom is 0.239 e. The van der Waals surface area contributed by atoms with Gasteiger partial charge in [0.05, 0.1) is 6.04 Å². The van der Waals surface area contributed by atoms with Crippen molar-refractivity contribution in [1.82, 2.24) is 14.7 Å². The molecule has 1 aliphatic rings. The fourth-order valence-electron chi connectivity index (χ4n) is 8.45. The quantitative estimate of drug-likeness (QED) is 0.0324. The number of carbonyl (C=O) groups excluding carboxylic acids is 1. The molecule has 0 aromatic rings. The van der Waals surface area contributed by atoms with E-state index in [1.165, 1.54) is 205 Å². The Bertz CT molecular complexity index is 818. The van der Waals surface area contributed by atoms with Gasteiger partial charge in [-0.1, -0.05) is 206 Å². The van der Waals surface area contributed by atoms with Gasteiger partial charge in [0.25, 0.3) is 0 Å². The molecule has 0 radical (unpaired) electrons. The zero-order valence-corrected chi connectivity index (χ0v) is 37.9. The van der Waals surface area contributed by atoms with Gasteiger partial charge >= 0.3 is 0 Å². The number of rotatable bonds is 39. The van der Waals surface area contributed by atoms with Crippen LogP contribution in [-0.2, 0) is 4.79 Å². The third kappa shape index (κ3) is 33.6. The maximum atomic E-state index is 13.5. The molecule has 1 heterocycles. The van der Waals surface area contributed by atoms with Crippen molar-refractivity contribution in [1.29, 1.82) is 0 Å². The topological polar surface area (TPSA) is 117 Å². The van der Waals surface area contributed by atoms with E-state index in [0.29, 0.717) is 13.0 Å². The van der Waals surface area contributed by atoms with Gasteiger partial charge in [-0.2, -0.15) is 0 Å². The van der Waals surface area contributed by atoms with Crippen LogP contribution in [0.2, 0.25) is 0 Å². The Labute approximate surface area is 349 Å². The highest BCUT2D eigenvalue weighted by molar-refractivity contribution is 5.81. The van der Waals surface area contributed by atoms with Gasteiger partial charge in [-0.3, -0.25) is 9.79 Å². The molecule has 0 aromatic carbocycles. The predicted molar refractivity (Wildman–Crippen MR) is 246 cm³/mol. The molecule has 0 spiro atoms. The first-order valence-electron chi connectivity index (χ1n) is 25.0. The Morgan fingerprint density at radius 2 is 0.732 bits per heavy atom. The average Bonchev–Trinajstić information content (AvgIpc) is 3.29. The standard InChI is InChI=1S/C48H99N7O/c1-3-5-7-9-11-13-15-17-19-21-23-25-27-29-31-33-38-53-40-41-54(43-45-55(44-42-53)47(56)46(49)36-35-37-52-48(50)51)39-34-32-30-28-26-24-22-20-18-16-14-12-10-8-6-4-2/h46H,3-45,49H2,1-2H3,(H4,50,51,52). The monoisotopic (exact) mass is 790 g/mol. The Hall–Kier alpha value is -1.38. The van der Waals surface area contributed by atoms with Gasteiger partial charge in [0.15, 0.2) is 5.96 Å². The van der Waals surface area contributed by atoms with E-state index in [-0.39, 0.29) is 11.9 Å². The van der Waals surface area contributed by atoms with Crippen LogP contribution in [0.1, 0.15) is 232 Å². The van der Waals surface area contributed by atoms with Gasteiger partial charge in [-0.05, 0) is 38.8 Å². The largest absolute Gasteiger partial charge is 0.370 e.